The van der Waals surface area contributed by atoms with Gasteiger partial charge in [-0.05, 0) is 29.8 Å². The van der Waals surface area contributed by atoms with Crippen LogP contribution in [0.4, 0.5) is 0 Å². The van der Waals surface area contributed by atoms with Gasteiger partial charge in [0.2, 0.25) is 0 Å². The Kier molecular flexibility index (Phi) is 9.18. The van der Waals surface area contributed by atoms with Gasteiger partial charge in [-0.15, -0.1) is 0 Å². The van der Waals surface area contributed by atoms with E-state index in [4.69, 9.17) is 14.2 Å². The maximum atomic E-state index is 14.4. The van der Waals surface area contributed by atoms with Crippen LogP contribution in [0.5, 0.6) is 11.5 Å². The Morgan fingerprint density at radius 3 is 2.39 bits per heavy atom. The number of carbonyl (C=O) groups excluding carboxylic acids is 1. The number of aromatic nitrogens is 2. The van der Waals surface area contributed by atoms with Gasteiger partial charge in [0, 0.05) is 57.9 Å². The Hall–Kier alpha value is -4.34. The molecule has 9 heteroatoms. The van der Waals surface area contributed by atoms with Gasteiger partial charge in [0.25, 0.3) is 5.91 Å². The van der Waals surface area contributed by atoms with E-state index in [1.54, 1.807) is 23.4 Å². The SMILES string of the molecule is COCCCOc1cccc(-n2c(-c3ccccc3)c(C(=O)N3CCNCC3)n(Cc3cccc(OC)c3)c2=O)c1. The van der Waals surface area contributed by atoms with Crippen molar-refractivity contribution in [1.29, 1.82) is 0 Å². The normalized spacial score (nSPS) is 13.3. The average Bonchev–Trinajstić information content (AvgIpc) is 3.31. The minimum Gasteiger partial charge on any atom is -0.497 e. The Morgan fingerprint density at radius 1 is 0.878 bits per heavy atom. The highest BCUT2D eigenvalue weighted by Crippen LogP contribution is 2.29. The molecule has 0 bridgehead atoms. The number of methoxy groups -OCH3 is 2. The number of rotatable bonds is 11. The van der Waals surface area contributed by atoms with E-state index in [9.17, 15) is 9.59 Å². The maximum absolute atomic E-state index is 14.4. The van der Waals surface area contributed by atoms with E-state index in [0.29, 0.717) is 68.0 Å². The van der Waals surface area contributed by atoms with Crippen molar-refractivity contribution in [3.63, 3.8) is 0 Å². The Balaban J connectivity index is 1.69. The van der Waals surface area contributed by atoms with Crippen molar-refractivity contribution < 1.29 is 19.0 Å². The third-order valence-corrected chi connectivity index (χ3v) is 7.11. The molecular weight excluding hydrogens is 520 g/mol. The van der Waals surface area contributed by atoms with Crippen LogP contribution in [0, 0.1) is 0 Å². The molecular formula is C32H36N4O5. The molecule has 1 amide bonds. The molecule has 41 heavy (non-hydrogen) atoms. The van der Waals surface area contributed by atoms with Gasteiger partial charge in [-0.2, -0.15) is 0 Å². The molecule has 1 N–H and O–H groups in total. The zero-order valence-corrected chi connectivity index (χ0v) is 23.5. The lowest BCUT2D eigenvalue weighted by Crippen LogP contribution is -2.47. The van der Waals surface area contributed by atoms with Crippen LogP contribution in [-0.4, -0.2) is 73.6 Å². The molecule has 1 fully saturated rings. The first-order valence-electron chi connectivity index (χ1n) is 13.9. The molecule has 1 aliphatic rings. The number of ether oxygens (including phenoxy) is 3. The van der Waals surface area contributed by atoms with E-state index in [1.807, 2.05) is 83.8 Å². The molecule has 9 nitrogen and oxygen atoms in total. The second kappa shape index (κ2) is 13.3. The lowest BCUT2D eigenvalue weighted by Gasteiger charge is -2.28. The lowest BCUT2D eigenvalue weighted by molar-refractivity contribution is 0.0725. The van der Waals surface area contributed by atoms with Crippen LogP contribution < -0.4 is 20.5 Å². The zero-order chi connectivity index (χ0) is 28.6. The summed E-state index contributed by atoms with van der Waals surface area (Å²) < 4.78 is 19.7. The summed E-state index contributed by atoms with van der Waals surface area (Å²) in [6.07, 6.45) is 0.746. The summed E-state index contributed by atoms with van der Waals surface area (Å²) in [4.78, 5) is 30.5. The van der Waals surface area contributed by atoms with E-state index < -0.39 is 0 Å². The van der Waals surface area contributed by atoms with Crippen molar-refractivity contribution >= 4 is 5.91 Å². The largest absolute Gasteiger partial charge is 0.497 e. The van der Waals surface area contributed by atoms with Crippen molar-refractivity contribution in [3.8, 4) is 28.4 Å². The van der Waals surface area contributed by atoms with Crippen LogP contribution >= 0.6 is 0 Å². The molecule has 5 rings (SSSR count). The van der Waals surface area contributed by atoms with Crippen LogP contribution in [-0.2, 0) is 11.3 Å². The summed E-state index contributed by atoms with van der Waals surface area (Å²) in [7, 11) is 3.27. The summed E-state index contributed by atoms with van der Waals surface area (Å²) in [6, 6.07) is 24.6. The molecule has 1 aliphatic heterocycles. The fourth-order valence-electron chi connectivity index (χ4n) is 5.09. The molecule has 0 saturated carbocycles. The number of hydrogen-bond donors (Lipinski definition) is 1. The third-order valence-electron chi connectivity index (χ3n) is 7.11. The van der Waals surface area contributed by atoms with Crippen LogP contribution in [0.1, 0.15) is 22.5 Å². The Morgan fingerprint density at radius 2 is 1.63 bits per heavy atom. The first-order chi connectivity index (χ1) is 20.1. The van der Waals surface area contributed by atoms with Crippen molar-refractivity contribution in [2.75, 3.05) is 53.6 Å². The number of piperazine rings is 1. The molecule has 0 unspecified atom stereocenters. The summed E-state index contributed by atoms with van der Waals surface area (Å²) in [6.45, 7) is 3.84. The highest BCUT2D eigenvalue weighted by atomic mass is 16.5. The van der Waals surface area contributed by atoms with Gasteiger partial charge in [-0.3, -0.25) is 13.9 Å². The van der Waals surface area contributed by atoms with E-state index in [-0.39, 0.29) is 18.1 Å². The topological polar surface area (TPSA) is 87.0 Å². The summed E-state index contributed by atoms with van der Waals surface area (Å²) in [5.41, 5.74) is 2.86. The maximum Gasteiger partial charge on any atom is 0.334 e. The summed E-state index contributed by atoms with van der Waals surface area (Å²) in [5, 5.41) is 3.30. The number of nitrogens with one attached hydrogen (secondary N) is 1. The number of imidazole rings is 1. The lowest BCUT2D eigenvalue weighted by atomic mass is 10.1. The van der Waals surface area contributed by atoms with Gasteiger partial charge in [0.1, 0.15) is 17.2 Å². The fourth-order valence-corrected chi connectivity index (χ4v) is 5.09. The second-order valence-electron chi connectivity index (χ2n) is 9.85. The van der Waals surface area contributed by atoms with Crippen LogP contribution in [0.15, 0.2) is 83.7 Å². The standard InChI is InChI=1S/C32H36N4O5/c1-39-19-8-20-41-28-14-7-12-26(22-28)36-29(25-10-4-3-5-11-25)30(31(37)34-17-15-33-16-18-34)35(32(36)38)23-24-9-6-13-27(21-24)40-2/h3-7,9-14,21-22,33H,8,15-20,23H2,1-2H3. The summed E-state index contributed by atoms with van der Waals surface area (Å²) >= 11 is 0. The van der Waals surface area contributed by atoms with Crippen molar-refractivity contribution in [3.05, 3.63) is 101 Å². The molecule has 4 aromatic rings. The fraction of sp³-hybridized carbons (Fsp3) is 0.312. The number of benzene rings is 3. The van der Waals surface area contributed by atoms with Gasteiger partial charge in [0.15, 0.2) is 0 Å². The van der Waals surface area contributed by atoms with Crippen molar-refractivity contribution in [2.45, 2.75) is 13.0 Å². The number of carbonyl (C=O) groups is 1. The zero-order valence-electron chi connectivity index (χ0n) is 23.5. The number of hydrogen-bond acceptors (Lipinski definition) is 6. The number of amides is 1. The monoisotopic (exact) mass is 556 g/mol. The highest BCUT2D eigenvalue weighted by Gasteiger charge is 2.31. The smallest absolute Gasteiger partial charge is 0.334 e. The van der Waals surface area contributed by atoms with E-state index >= 15 is 0 Å². The third kappa shape index (κ3) is 6.37. The van der Waals surface area contributed by atoms with Crippen LogP contribution in [0.2, 0.25) is 0 Å². The van der Waals surface area contributed by atoms with Crippen LogP contribution in [0.3, 0.4) is 0 Å². The van der Waals surface area contributed by atoms with E-state index in [2.05, 4.69) is 5.32 Å². The van der Waals surface area contributed by atoms with E-state index in [0.717, 1.165) is 17.5 Å². The Labute approximate surface area is 239 Å². The van der Waals surface area contributed by atoms with Gasteiger partial charge < -0.3 is 24.4 Å². The molecule has 214 valence electrons. The van der Waals surface area contributed by atoms with Gasteiger partial charge in [-0.25, -0.2) is 4.79 Å². The highest BCUT2D eigenvalue weighted by molar-refractivity contribution is 5.99. The molecule has 1 saturated heterocycles. The molecule has 0 spiro atoms. The van der Waals surface area contributed by atoms with Crippen molar-refractivity contribution in [2.24, 2.45) is 0 Å². The molecule has 1 aromatic heterocycles. The Bertz CT molecular complexity index is 1520. The summed E-state index contributed by atoms with van der Waals surface area (Å²) in [5.74, 6) is 1.16. The minimum atomic E-state index is -0.304. The minimum absolute atomic E-state index is 0.170. The van der Waals surface area contributed by atoms with Crippen LogP contribution in [0.25, 0.3) is 16.9 Å². The predicted octanol–water partition coefficient (Wildman–Crippen LogP) is 3.82. The molecule has 0 aliphatic carbocycles. The van der Waals surface area contributed by atoms with E-state index in [1.165, 1.54) is 0 Å². The predicted molar refractivity (Wildman–Crippen MR) is 158 cm³/mol. The number of nitrogens with zero attached hydrogens (tertiary/aromatic N) is 3. The average molecular weight is 557 g/mol. The molecule has 3 aromatic carbocycles. The first-order valence-corrected chi connectivity index (χ1v) is 13.9. The quantitative estimate of drug-likeness (QED) is 0.283. The molecule has 0 radical (unpaired) electrons. The molecule has 0 atom stereocenters. The second-order valence-corrected chi connectivity index (χ2v) is 9.85. The van der Waals surface area contributed by atoms with Gasteiger partial charge in [0.05, 0.1) is 31.6 Å². The van der Waals surface area contributed by atoms with Gasteiger partial charge in [-0.1, -0.05) is 48.5 Å². The van der Waals surface area contributed by atoms with Crippen molar-refractivity contribution in [1.82, 2.24) is 19.4 Å². The van der Waals surface area contributed by atoms with Gasteiger partial charge >= 0.3 is 5.69 Å². The first kappa shape index (κ1) is 28.2. The molecule has 2 heterocycles.